The van der Waals surface area contributed by atoms with Gasteiger partial charge in [-0.2, -0.15) is 8.78 Å². The molecule has 1 aliphatic heterocycles. The Labute approximate surface area is 156 Å². The lowest BCUT2D eigenvalue weighted by atomic mass is 9.89. The van der Waals surface area contributed by atoms with Crippen LogP contribution >= 0.6 is 0 Å². The second-order valence-electron chi connectivity index (χ2n) is 6.22. The number of hydrogen-bond donors (Lipinski definition) is 1. The second kappa shape index (κ2) is 7.28. The molecular weight excluding hydrogens is 376 g/mol. The molecule has 2 aromatic rings. The van der Waals surface area contributed by atoms with E-state index in [2.05, 4.69) is 11.3 Å². The van der Waals surface area contributed by atoms with Crippen molar-refractivity contribution in [2.45, 2.75) is 31.3 Å². The first kappa shape index (κ1) is 19.3. The van der Waals surface area contributed by atoms with E-state index >= 15 is 0 Å². The molecule has 0 radical (unpaired) electrons. The summed E-state index contributed by atoms with van der Waals surface area (Å²) in [6.07, 6.45) is 1.70. The van der Waals surface area contributed by atoms with Crippen molar-refractivity contribution in [3.63, 3.8) is 0 Å². The number of fused-ring (bicyclic) bond motifs is 3. The molecule has 0 bridgehead atoms. The molecule has 2 unspecified atom stereocenters. The Morgan fingerprint density at radius 2 is 2.07 bits per heavy atom. The molecule has 1 aliphatic rings. The molecule has 27 heavy (non-hydrogen) atoms. The summed E-state index contributed by atoms with van der Waals surface area (Å²) in [6, 6.07) is 9.67. The van der Waals surface area contributed by atoms with Crippen molar-refractivity contribution in [3.8, 4) is 22.6 Å². The predicted molar refractivity (Wildman–Crippen MR) is 98.2 cm³/mol. The zero-order chi connectivity index (χ0) is 19.8. The van der Waals surface area contributed by atoms with E-state index in [1.165, 1.54) is 13.0 Å². The number of sulfonamides is 1. The summed E-state index contributed by atoms with van der Waals surface area (Å²) >= 11 is 0. The molecule has 2 N–H and O–H groups in total. The largest absolute Gasteiger partial charge is 0.485 e. The summed E-state index contributed by atoms with van der Waals surface area (Å²) < 4.78 is 59.6. The van der Waals surface area contributed by atoms with Crippen LogP contribution in [0.3, 0.4) is 0 Å². The van der Waals surface area contributed by atoms with E-state index in [-0.39, 0.29) is 5.75 Å². The van der Waals surface area contributed by atoms with Crippen LogP contribution in [0.1, 0.15) is 35.8 Å². The van der Waals surface area contributed by atoms with Gasteiger partial charge in [0.15, 0.2) is 0 Å². The van der Waals surface area contributed by atoms with Gasteiger partial charge in [0, 0.05) is 12.0 Å². The number of rotatable bonds is 6. The molecule has 0 aliphatic carbocycles. The smallest absolute Gasteiger partial charge is 0.387 e. The fraction of sp³-hybridized carbons (Fsp3) is 0.263. The molecule has 3 rings (SSSR count). The van der Waals surface area contributed by atoms with Crippen LogP contribution in [0.25, 0.3) is 11.1 Å². The molecule has 2 atom stereocenters. The number of primary sulfonamides is 1. The van der Waals surface area contributed by atoms with Crippen molar-refractivity contribution in [1.29, 1.82) is 0 Å². The third kappa shape index (κ3) is 3.81. The van der Waals surface area contributed by atoms with Gasteiger partial charge in [0.1, 0.15) is 17.6 Å². The maximum absolute atomic E-state index is 12.8. The lowest BCUT2D eigenvalue weighted by molar-refractivity contribution is -0.0496. The van der Waals surface area contributed by atoms with Gasteiger partial charge in [-0.3, -0.25) is 0 Å². The number of halogens is 2. The van der Waals surface area contributed by atoms with E-state index in [9.17, 15) is 17.2 Å². The molecule has 0 amide bonds. The van der Waals surface area contributed by atoms with Crippen LogP contribution in [0.4, 0.5) is 8.78 Å². The molecule has 5 nitrogen and oxygen atoms in total. The van der Waals surface area contributed by atoms with Gasteiger partial charge in [-0.25, -0.2) is 13.6 Å². The molecule has 1 heterocycles. The minimum atomic E-state index is -3.78. The normalized spacial score (nSPS) is 16.9. The Morgan fingerprint density at radius 3 is 2.70 bits per heavy atom. The summed E-state index contributed by atoms with van der Waals surface area (Å²) in [7, 11) is -3.78. The van der Waals surface area contributed by atoms with Gasteiger partial charge in [0.25, 0.3) is 0 Å². The molecule has 0 aromatic heterocycles. The van der Waals surface area contributed by atoms with Crippen LogP contribution in [-0.2, 0) is 10.0 Å². The Hall–Kier alpha value is -2.45. The molecule has 0 saturated carbocycles. The third-order valence-corrected chi connectivity index (χ3v) is 5.77. The number of benzene rings is 2. The van der Waals surface area contributed by atoms with E-state index in [4.69, 9.17) is 9.88 Å². The topological polar surface area (TPSA) is 78.6 Å². The first-order chi connectivity index (χ1) is 12.7. The average molecular weight is 395 g/mol. The molecule has 8 heteroatoms. The highest BCUT2D eigenvalue weighted by molar-refractivity contribution is 7.89. The number of alkyl halides is 2. The highest BCUT2D eigenvalue weighted by Gasteiger charge is 2.30. The molecule has 0 spiro atoms. The fourth-order valence-electron chi connectivity index (χ4n) is 3.13. The average Bonchev–Trinajstić information content (AvgIpc) is 2.59. The first-order valence-corrected chi connectivity index (χ1v) is 9.84. The maximum Gasteiger partial charge on any atom is 0.387 e. The van der Waals surface area contributed by atoms with E-state index in [0.29, 0.717) is 34.4 Å². The van der Waals surface area contributed by atoms with Crippen molar-refractivity contribution < 1.29 is 26.7 Å². The standard InChI is InChI=1S/C19H19F2NO4S/c1-3-5-15-14-10-12(11(2)27(22,23)24)8-9-13(14)18-16(25-15)6-4-7-17(18)26-19(20)21/h3-4,6-11,15,19H,1,5H2,2H3,(H2,22,23,24). The summed E-state index contributed by atoms with van der Waals surface area (Å²) in [6.45, 7) is 2.23. The third-order valence-electron chi connectivity index (χ3n) is 4.51. The Bertz CT molecular complexity index is 976. The highest BCUT2D eigenvalue weighted by atomic mass is 32.2. The van der Waals surface area contributed by atoms with Crippen LogP contribution in [0.5, 0.6) is 11.5 Å². The van der Waals surface area contributed by atoms with Gasteiger partial charge >= 0.3 is 6.61 Å². The minimum absolute atomic E-state index is 0.00644. The molecule has 144 valence electrons. The number of nitrogens with two attached hydrogens (primary N) is 1. The molecular formula is C19H19F2NO4S. The zero-order valence-electron chi connectivity index (χ0n) is 14.6. The van der Waals surface area contributed by atoms with Crippen LogP contribution in [0.2, 0.25) is 0 Å². The predicted octanol–water partition coefficient (Wildman–Crippen LogP) is 4.31. The van der Waals surface area contributed by atoms with Gasteiger partial charge in [0.2, 0.25) is 10.0 Å². The van der Waals surface area contributed by atoms with Crippen LogP contribution in [-0.4, -0.2) is 15.0 Å². The van der Waals surface area contributed by atoms with E-state index in [0.717, 1.165) is 0 Å². The molecule has 0 fully saturated rings. The molecule has 0 saturated heterocycles. The maximum atomic E-state index is 12.8. The Morgan fingerprint density at radius 1 is 1.33 bits per heavy atom. The Balaban J connectivity index is 2.19. The van der Waals surface area contributed by atoms with Gasteiger partial charge in [-0.15, -0.1) is 6.58 Å². The van der Waals surface area contributed by atoms with Gasteiger partial charge in [-0.1, -0.05) is 30.3 Å². The van der Waals surface area contributed by atoms with Crippen LogP contribution < -0.4 is 14.6 Å². The molecule has 2 aromatic carbocycles. The monoisotopic (exact) mass is 395 g/mol. The fourth-order valence-corrected chi connectivity index (χ4v) is 3.66. The van der Waals surface area contributed by atoms with Crippen LogP contribution in [0.15, 0.2) is 49.1 Å². The van der Waals surface area contributed by atoms with Gasteiger partial charge < -0.3 is 9.47 Å². The first-order valence-electron chi connectivity index (χ1n) is 8.23. The van der Waals surface area contributed by atoms with Gasteiger partial charge in [0.05, 0.1) is 10.8 Å². The second-order valence-corrected chi connectivity index (χ2v) is 8.10. The van der Waals surface area contributed by atoms with Crippen molar-refractivity contribution in [1.82, 2.24) is 0 Å². The van der Waals surface area contributed by atoms with E-state index in [1.807, 2.05) is 0 Å². The van der Waals surface area contributed by atoms with Crippen molar-refractivity contribution in [2.75, 3.05) is 0 Å². The summed E-state index contributed by atoms with van der Waals surface area (Å²) in [5.74, 6) is 0.410. The lowest BCUT2D eigenvalue weighted by Gasteiger charge is -2.30. The number of hydrogen-bond acceptors (Lipinski definition) is 4. The van der Waals surface area contributed by atoms with E-state index < -0.39 is 28.0 Å². The Kier molecular flexibility index (Phi) is 5.21. The number of ether oxygens (including phenoxy) is 2. The summed E-state index contributed by atoms with van der Waals surface area (Å²) in [4.78, 5) is 0. The minimum Gasteiger partial charge on any atom is -0.485 e. The quantitative estimate of drug-likeness (QED) is 0.739. The lowest BCUT2D eigenvalue weighted by Crippen LogP contribution is -2.20. The highest BCUT2D eigenvalue weighted by Crippen LogP contribution is 2.49. The summed E-state index contributed by atoms with van der Waals surface area (Å²) in [5, 5.41) is 4.34. The van der Waals surface area contributed by atoms with E-state index in [1.54, 1.807) is 36.4 Å². The zero-order valence-corrected chi connectivity index (χ0v) is 15.4. The van der Waals surface area contributed by atoms with Crippen LogP contribution in [0, 0.1) is 0 Å². The van der Waals surface area contributed by atoms with Gasteiger partial charge in [-0.05, 0) is 30.2 Å². The van der Waals surface area contributed by atoms with Crippen molar-refractivity contribution in [3.05, 3.63) is 60.2 Å². The SMILES string of the molecule is C=CCC1Oc2cccc(OC(F)F)c2-c2ccc(C(C)S(N)(=O)=O)cc21. The van der Waals surface area contributed by atoms with Crippen molar-refractivity contribution in [2.24, 2.45) is 5.14 Å². The van der Waals surface area contributed by atoms with Crippen molar-refractivity contribution >= 4 is 10.0 Å². The summed E-state index contributed by atoms with van der Waals surface area (Å²) in [5.41, 5.74) is 2.21.